The lowest BCUT2D eigenvalue weighted by Crippen LogP contribution is -2.60. The molecule has 0 spiro atoms. The van der Waals surface area contributed by atoms with Crippen LogP contribution in [-0.2, 0) is 14.3 Å². The van der Waals surface area contributed by atoms with Crippen LogP contribution < -0.4 is 10.6 Å². The van der Waals surface area contributed by atoms with E-state index in [0.29, 0.717) is 19.2 Å². The normalized spacial score (nSPS) is 32.1. The lowest BCUT2D eigenvalue weighted by atomic mass is 10.0. The predicted octanol–water partition coefficient (Wildman–Crippen LogP) is -0.900. The third-order valence-corrected chi connectivity index (χ3v) is 3.66. The van der Waals surface area contributed by atoms with Crippen LogP contribution in [-0.4, -0.2) is 61.1 Å². The third kappa shape index (κ3) is 3.07. The number of imide groups is 1. The Morgan fingerprint density at radius 2 is 2.28 bits per heavy atom. The Bertz CT molecular complexity index is 329. The highest BCUT2D eigenvalue weighted by molar-refractivity contribution is 6.00. The first-order chi connectivity index (χ1) is 8.58. The van der Waals surface area contributed by atoms with E-state index in [1.807, 2.05) is 11.8 Å². The van der Waals surface area contributed by atoms with E-state index in [1.165, 1.54) is 0 Å². The van der Waals surface area contributed by atoms with Gasteiger partial charge in [-0.1, -0.05) is 0 Å². The van der Waals surface area contributed by atoms with Crippen LogP contribution in [0.3, 0.4) is 0 Å². The lowest BCUT2D eigenvalue weighted by Gasteiger charge is -2.38. The fraction of sp³-hybridized carbons (Fsp3) is 0.833. The van der Waals surface area contributed by atoms with Crippen molar-refractivity contribution in [3.05, 3.63) is 0 Å². The summed E-state index contributed by atoms with van der Waals surface area (Å²) < 4.78 is 5.41. The highest BCUT2D eigenvalue weighted by Crippen LogP contribution is 2.14. The van der Waals surface area contributed by atoms with E-state index in [4.69, 9.17) is 4.74 Å². The van der Waals surface area contributed by atoms with Gasteiger partial charge in [0.05, 0.1) is 25.8 Å². The predicted molar refractivity (Wildman–Crippen MR) is 66.0 cm³/mol. The summed E-state index contributed by atoms with van der Waals surface area (Å²) in [6.45, 7) is 6.51. The second kappa shape index (κ2) is 5.77. The topological polar surface area (TPSA) is 70.7 Å². The summed E-state index contributed by atoms with van der Waals surface area (Å²) >= 11 is 0. The molecule has 2 N–H and O–H groups in total. The summed E-state index contributed by atoms with van der Waals surface area (Å²) in [6.07, 6.45) is 0.880. The molecule has 6 nitrogen and oxygen atoms in total. The fourth-order valence-corrected chi connectivity index (χ4v) is 2.59. The number of nitrogens with one attached hydrogen (secondary N) is 2. The van der Waals surface area contributed by atoms with Crippen LogP contribution in [0.4, 0.5) is 0 Å². The molecule has 2 aliphatic rings. The minimum absolute atomic E-state index is 0.175. The van der Waals surface area contributed by atoms with Crippen molar-refractivity contribution >= 4 is 11.8 Å². The zero-order valence-corrected chi connectivity index (χ0v) is 10.9. The number of rotatable bonds is 3. The number of carbonyl (C=O) groups is 2. The Hall–Kier alpha value is -0.980. The van der Waals surface area contributed by atoms with Crippen LogP contribution in [0.1, 0.15) is 20.3 Å². The van der Waals surface area contributed by atoms with Crippen LogP contribution >= 0.6 is 0 Å². The summed E-state index contributed by atoms with van der Waals surface area (Å²) in [6, 6.07) is 0.234. The van der Waals surface area contributed by atoms with Gasteiger partial charge in [0.15, 0.2) is 0 Å². The van der Waals surface area contributed by atoms with Crippen LogP contribution in [0, 0.1) is 0 Å². The fourth-order valence-electron chi connectivity index (χ4n) is 2.59. The molecule has 6 heteroatoms. The van der Waals surface area contributed by atoms with Crippen molar-refractivity contribution in [2.75, 3.05) is 26.3 Å². The number of morpholine rings is 1. The highest BCUT2D eigenvalue weighted by Gasteiger charge is 2.34. The maximum absolute atomic E-state index is 11.6. The van der Waals surface area contributed by atoms with E-state index in [-0.39, 0.29) is 23.9 Å². The lowest BCUT2D eigenvalue weighted by molar-refractivity contribution is -0.141. The number of amides is 2. The molecule has 0 aromatic carbocycles. The Morgan fingerprint density at radius 1 is 1.50 bits per heavy atom. The third-order valence-electron chi connectivity index (χ3n) is 3.66. The van der Waals surface area contributed by atoms with E-state index in [0.717, 1.165) is 19.6 Å². The van der Waals surface area contributed by atoms with Crippen LogP contribution in [0.25, 0.3) is 0 Å². The first-order valence-corrected chi connectivity index (χ1v) is 6.48. The number of hydrogen-bond donors (Lipinski definition) is 2. The van der Waals surface area contributed by atoms with Crippen molar-refractivity contribution < 1.29 is 14.3 Å². The van der Waals surface area contributed by atoms with Crippen LogP contribution in [0.5, 0.6) is 0 Å². The number of carbonyl (C=O) groups excluding carboxylic acids is 2. The van der Waals surface area contributed by atoms with E-state index in [2.05, 4.69) is 17.6 Å². The molecular weight excluding hydrogens is 234 g/mol. The van der Waals surface area contributed by atoms with Crippen LogP contribution in [0.15, 0.2) is 0 Å². The van der Waals surface area contributed by atoms with Crippen molar-refractivity contribution in [2.24, 2.45) is 0 Å². The first-order valence-electron chi connectivity index (χ1n) is 6.48. The van der Waals surface area contributed by atoms with Gasteiger partial charge in [-0.2, -0.15) is 0 Å². The van der Waals surface area contributed by atoms with Gasteiger partial charge in [0.25, 0.3) is 0 Å². The molecule has 2 amide bonds. The molecule has 3 unspecified atom stereocenters. The maximum atomic E-state index is 11.6. The van der Waals surface area contributed by atoms with E-state index >= 15 is 0 Å². The van der Waals surface area contributed by atoms with Gasteiger partial charge in [-0.15, -0.1) is 0 Å². The van der Waals surface area contributed by atoms with Crippen molar-refractivity contribution in [1.82, 2.24) is 15.5 Å². The molecule has 2 fully saturated rings. The van der Waals surface area contributed by atoms with Gasteiger partial charge < -0.3 is 10.1 Å². The molecule has 0 aromatic rings. The summed E-state index contributed by atoms with van der Waals surface area (Å²) in [5.74, 6) is -0.413. The number of piperazine rings is 1. The van der Waals surface area contributed by atoms with Gasteiger partial charge in [-0.25, -0.2) is 0 Å². The summed E-state index contributed by atoms with van der Waals surface area (Å²) in [7, 11) is 0. The zero-order valence-electron chi connectivity index (χ0n) is 10.9. The summed E-state index contributed by atoms with van der Waals surface area (Å²) in [5, 5.41) is 5.75. The van der Waals surface area contributed by atoms with Gasteiger partial charge in [-0.3, -0.25) is 19.8 Å². The molecule has 3 atom stereocenters. The molecule has 2 rings (SSSR count). The van der Waals surface area contributed by atoms with Crippen LogP contribution in [0.2, 0.25) is 0 Å². The molecule has 0 radical (unpaired) electrons. The van der Waals surface area contributed by atoms with E-state index in [1.54, 1.807) is 0 Å². The quantitative estimate of drug-likeness (QED) is 0.640. The second-order valence-corrected chi connectivity index (χ2v) is 5.07. The van der Waals surface area contributed by atoms with Crippen molar-refractivity contribution in [3.63, 3.8) is 0 Å². The number of hydrogen-bond acceptors (Lipinski definition) is 5. The molecule has 0 aromatic heterocycles. The Labute approximate surface area is 107 Å². The maximum Gasteiger partial charge on any atom is 0.243 e. The monoisotopic (exact) mass is 255 g/mol. The van der Waals surface area contributed by atoms with Crippen molar-refractivity contribution in [1.29, 1.82) is 0 Å². The highest BCUT2D eigenvalue weighted by atomic mass is 16.5. The molecule has 0 saturated carbocycles. The smallest absolute Gasteiger partial charge is 0.243 e. The van der Waals surface area contributed by atoms with Crippen molar-refractivity contribution in [2.45, 2.75) is 38.4 Å². The molecule has 102 valence electrons. The van der Waals surface area contributed by atoms with Gasteiger partial charge in [-0.05, 0) is 20.3 Å². The minimum atomic E-state index is -0.248. The molecule has 2 aliphatic heterocycles. The first kappa shape index (κ1) is 13.5. The Morgan fingerprint density at radius 3 is 2.94 bits per heavy atom. The molecule has 18 heavy (non-hydrogen) atoms. The summed E-state index contributed by atoms with van der Waals surface area (Å²) in [4.78, 5) is 25.0. The molecular formula is C12H21N3O3. The zero-order chi connectivity index (χ0) is 13.1. The largest absolute Gasteiger partial charge is 0.379 e. The number of nitrogens with zero attached hydrogens (tertiary/aromatic N) is 1. The van der Waals surface area contributed by atoms with E-state index < -0.39 is 0 Å². The molecule has 0 aliphatic carbocycles. The van der Waals surface area contributed by atoms with Gasteiger partial charge in [0, 0.05) is 18.6 Å². The number of ether oxygens (including phenoxy) is 1. The molecule has 2 saturated heterocycles. The van der Waals surface area contributed by atoms with Gasteiger partial charge in [0.2, 0.25) is 11.8 Å². The molecule has 0 bridgehead atoms. The average molecular weight is 255 g/mol. The Kier molecular flexibility index (Phi) is 4.31. The Balaban J connectivity index is 1.92. The van der Waals surface area contributed by atoms with Gasteiger partial charge in [0.1, 0.15) is 0 Å². The SMILES string of the molecule is CC(CC1COCCN1)N1CC(=O)NC(=O)C1C. The summed E-state index contributed by atoms with van der Waals surface area (Å²) in [5.41, 5.74) is 0. The molecule has 2 heterocycles. The van der Waals surface area contributed by atoms with Crippen molar-refractivity contribution in [3.8, 4) is 0 Å². The standard InChI is InChI=1S/C12H21N3O3/c1-8(5-10-7-18-4-3-13-10)15-6-11(16)14-12(17)9(15)2/h8-10,13H,3-7H2,1-2H3,(H,14,16,17). The average Bonchev–Trinajstić information content (AvgIpc) is 2.35. The minimum Gasteiger partial charge on any atom is -0.379 e. The second-order valence-electron chi connectivity index (χ2n) is 5.07. The van der Waals surface area contributed by atoms with Gasteiger partial charge >= 0.3 is 0 Å². The van der Waals surface area contributed by atoms with E-state index in [9.17, 15) is 9.59 Å².